The molecule has 1 aliphatic rings. The van der Waals surface area contributed by atoms with Crippen LogP contribution in [-0.2, 0) is 11.2 Å². The zero-order valence-corrected chi connectivity index (χ0v) is 18.0. The molecule has 1 heterocycles. The van der Waals surface area contributed by atoms with Crippen molar-refractivity contribution in [2.45, 2.75) is 13.3 Å². The largest absolute Gasteiger partial charge is 0.496 e. The Kier molecular flexibility index (Phi) is 8.69. The van der Waals surface area contributed by atoms with Gasteiger partial charge in [0.15, 0.2) is 5.96 Å². The normalized spacial score (nSPS) is 14.4. The van der Waals surface area contributed by atoms with Gasteiger partial charge in [0.05, 0.1) is 27.9 Å². The van der Waals surface area contributed by atoms with Crippen molar-refractivity contribution in [3.63, 3.8) is 0 Å². The maximum Gasteiger partial charge on any atom is 0.409 e. The number of hydrogen-bond donors (Lipinski definition) is 1. The van der Waals surface area contributed by atoms with Crippen LogP contribution in [-0.4, -0.2) is 89.6 Å². The van der Waals surface area contributed by atoms with E-state index in [1.54, 1.807) is 33.3 Å². The first-order chi connectivity index (χ1) is 14.1. The number of nitrogens with zero attached hydrogens (tertiary/aromatic N) is 3. The number of ether oxygens (including phenoxy) is 4. The number of piperazine rings is 1. The molecule has 0 spiro atoms. The number of carbonyl (C=O) groups excluding carboxylic acids is 1. The molecule has 0 bridgehead atoms. The highest BCUT2D eigenvalue weighted by molar-refractivity contribution is 5.80. The topological polar surface area (TPSA) is 84.9 Å². The zero-order valence-electron chi connectivity index (χ0n) is 18.0. The second-order valence-electron chi connectivity index (χ2n) is 6.41. The summed E-state index contributed by atoms with van der Waals surface area (Å²) in [5.74, 6) is 2.94. The molecule has 0 atom stereocenters. The van der Waals surface area contributed by atoms with Crippen LogP contribution in [0.2, 0.25) is 0 Å². The van der Waals surface area contributed by atoms with Crippen molar-refractivity contribution < 1.29 is 23.7 Å². The van der Waals surface area contributed by atoms with E-state index in [9.17, 15) is 4.79 Å². The summed E-state index contributed by atoms with van der Waals surface area (Å²) in [6.45, 7) is 5.48. The van der Waals surface area contributed by atoms with Gasteiger partial charge in [0.25, 0.3) is 0 Å². The lowest BCUT2D eigenvalue weighted by atomic mass is 10.1. The van der Waals surface area contributed by atoms with Crippen LogP contribution < -0.4 is 19.5 Å². The van der Waals surface area contributed by atoms with Gasteiger partial charge in [-0.3, -0.25) is 4.99 Å². The summed E-state index contributed by atoms with van der Waals surface area (Å²) in [5.41, 5.74) is 0.964. The Balaban J connectivity index is 1.93. The predicted molar refractivity (Wildman–Crippen MR) is 111 cm³/mol. The van der Waals surface area contributed by atoms with Crippen LogP contribution in [0.3, 0.4) is 0 Å². The summed E-state index contributed by atoms with van der Waals surface area (Å²) in [5, 5.41) is 3.39. The summed E-state index contributed by atoms with van der Waals surface area (Å²) in [6, 6.07) is 3.70. The van der Waals surface area contributed by atoms with Crippen LogP contribution in [0.1, 0.15) is 12.5 Å². The molecule has 2 rings (SSSR count). The minimum atomic E-state index is -0.256. The quantitative estimate of drug-likeness (QED) is 0.542. The molecule has 0 radical (unpaired) electrons. The molecule has 1 fully saturated rings. The minimum Gasteiger partial charge on any atom is -0.496 e. The van der Waals surface area contributed by atoms with Crippen molar-refractivity contribution in [3.8, 4) is 17.2 Å². The van der Waals surface area contributed by atoms with Crippen molar-refractivity contribution in [1.82, 2.24) is 15.1 Å². The first kappa shape index (κ1) is 22.4. The van der Waals surface area contributed by atoms with Gasteiger partial charge in [-0.1, -0.05) is 0 Å². The predicted octanol–water partition coefficient (Wildman–Crippen LogP) is 1.60. The molecule has 29 heavy (non-hydrogen) atoms. The molecular formula is C20H32N4O5. The van der Waals surface area contributed by atoms with E-state index in [0.29, 0.717) is 51.5 Å². The summed E-state index contributed by atoms with van der Waals surface area (Å²) in [6.07, 6.45) is 0.437. The highest BCUT2D eigenvalue weighted by Crippen LogP contribution is 2.34. The monoisotopic (exact) mass is 408 g/mol. The maximum absolute atomic E-state index is 11.8. The fourth-order valence-corrected chi connectivity index (χ4v) is 3.27. The molecule has 162 valence electrons. The molecule has 9 heteroatoms. The average molecular weight is 408 g/mol. The Morgan fingerprint density at radius 2 is 1.62 bits per heavy atom. The molecule has 0 unspecified atom stereocenters. The van der Waals surface area contributed by atoms with Crippen LogP contribution in [0.15, 0.2) is 17.1 Å². The summed E-state index contributed by atoms with van der Waals surface area (Å²) in [4.78, 5) is 20.1. The SMILES string of the molecule is CCOC(=O)N1CCN(C(=NC)NCCc2c(OC)cc(OC)cc2OC)CC1. The lowest BCUT2D eigenvalue weighted by Gasteiger charge is -2.35. The lowest BCUT2D eigenvalue weighted by molar-refractivity contribution is 0.0915. The lowest BCUT2D eigenvalue weighted by Crippen LogP contribution is -2.54. The molecule has 1 aromatic carbocycles. The van der Waals surface area contributed by atoms with E-state index in [1.807, 2.05) is 19.1 Å². The smallest absolute Gasteiger partial charge is 0.409 e. The molecule has 1 N–H and O–H groups in total. The molecule has 0 saturated carbocycles. The fourth-order valence-electron chi connectivity index (χ4n) is 3.27. The van der Waals surface area contributed by atoms with Crippen molar-refractivity contribution >= 4 is 12.1 Å². The molecule has 0 aliphatic carbocycles. The van der Waals surface area contributed by atoms with Crippen LogP contribution in [0, 0.1) is 0 Å². The highest BCUT2D eigenvalue weighted by Gasteiger charge is 2.23. The van der Waals surface area contributed by atoms with E-state index in [-0.39, 0.29) is 6.09 Å². The van der Waals surface area contributed by atoms with Gasteiger partial charge in [-0.25, -0.2) is 4.79 Å². The van der Waals surface area contributed by atoms with E-state index in [1.165, 1.54) is 0 Å². The van der Waals surface area contributed by atoms with Gasteiger partial charge >= 0.3 is 6.09 Å². The van der Waals surface area contributed by atoms with Crippen LogP contribution in [0.5, 0.6) is 17.2 Å². The average Bonchev–Trinajstić information content (AvgIpc) is 2.76. The first-order valence-corrected chi connectivity index (χ1v) is 9.74. The fraction of sp³-hybridized carbons (Fsp3) is 0.600. The summed E-state index contributed by atoms with van der Waals surface area (Å²) >= 11 is 0. The number of aliphatic imine (C=N–C) groups is 1. The zero-order chi connectivity index (χ0) is 21.2. The number of guanidine groups is 1. The third-order valence-corrected chi connectivity index (χ3v) is 4.79. The Morgan fingerprint density at radius 3 is 2.10 bits per heavy atom. The number of methoxy groups -OCH3 is 3. The van der Waals surface area contributed by atoms with Crippen molar-refractivity contribution in [2.75, 3.05) is 67.7 Å². The van der Waals surface area contributed by atoms with Gasteiger partial charge in [0.2, 0.25) is 0 Å². The minimum absolute atomic E-state index is 0.256. The first-order valence-electron chi connectivity index (χ1n) is 9.74. The molecule has 9 nitrogen and oxygen atoms in total. The molecule has 1 saturated heterocycles. The van der Waals surface area contributed by atoms with E-state index in [0.717, 1.165) is 23.0 Å². The summed E-state index contributed by atoms with van der Waals surface area (Å²) in [7, 11) is 6.63. The second kappa shape index (κ2) is 11.2. The van der Waals surface area contributed by atoms with Gasteiger partial charge in [-0.2, -0.15) is 0 Å². The standard InChI is InChI=1S/C20H32N4O5/c1-6-29-20(25)24-11-9-23(10-12-24)19(21-2)22-8-7-16-17(27-4)13-15(26-3)14-18(16)28-5/h13-14H,6-12H2,1-5H3,(H,21,22). The van der Waals surface area contributed by atoms with E-state index in [4.69, 9.17) is 18.9 Å². The van der Waals surface area contributed by atoms with E-state index >= 15 is 0 Å². The number of hydrogen-bond acceptors (Lipinski definition) is 6. The van der Waals surface area contributed by atoms with Gasteiger partial charge < -0.3 is 34.1 Å². The number of amides is 1. The Labute approximate surface area is 172 Å². The van der Waals surface area contributed by atoms with Gasteiger partial charge in [-0.15, -0.1) is 0 Å². The molecule has 1 amide bonds. The number of benzene rings is 1. The molecule has 1 aromatic rings. The number of rotatable bonds is 7. The van der Waals surface area contributed by atoms with Crippen LogP contribution >= 0.6 is 0 Å². The Morgan fingerprint density at radius 1 is 1.03 bits per heavy atom. The van der Waals surface area contributed by atoms with Gasteiger partial charge in [0.1, 0.15) is 17.2 Å². The van der Waals surface area contributed by atoms with Crippen LogP contribution in [0.4, 0.5) is 4.79 Å². The third kappa shape index (κ3) is 5.82. The number of carbonyl (C=O) groups is 1. The van der Waals surface area contributed by atoms with Crippen molar-refractivity contribution in [3.05, 3.63) is 17.7 Å². The Hall–Kier alpha value is -2.84. The molecule has 0 aromatic heterocycles. The molecular weight excluding hydrogens is 376 g/mol. The molecule has 1 aliphatic heterocycles. The third-order valence-electron chi connectivity index (χ3n) is 4.79. The van der Waals surface area contributed by atoms with Crippen LogP contribution in [0.25, 0.3) is 0 Å². The van der Waals surface area contributed by atoms with E-state index < -0.39 is 0 Å². The number of nitrogens with one attached hydrogen (secondary N) is 1. The maximum atomic E-state index is 11.8. The van der Waals surface area contributed by atoms with Crippen molar-refractivity contribution in [2.24, 2.45) is 4.99 Å². The van der Waals surface area contributed by atoms with Gasteiger partial charge in [0, 0.05) is 57.5 Å². The van der Waals surface area contributed by atoms with E-state index in [2.05, 4.69) is 15.2 Å². The summed E-state index contributed by atoms with van der Waals surface area (Å²) < 4.78 is 21.4. The second-order valence-corrected chi connectivity index (χ2v) is 6.41. The van der Waals surface area contributed by atoms with Crippen molar-refractivity contribution in [1.29, 1.82) is 0 Å². The highest BCUT2D eigenvalue weighted by atomic mass is 16.6. The Bertz CT molecular complexity index is 677. The van der Waals surface area contributed by atoms with Gasteiger partial charge in [-0.05, 0) is 13.3 Å².